The summed E-state index contributed by atoms with van der Waals surface area (Å²) in [6.07, 6.45) is 3.00. The van der Waals surface area contributed by atoms with Gasteiger partial charge in [0.15, 0.2) is 5.76 Å². The quantitative estimate of drug-likeness (QED) is 0.560. The van der Waals surface area contributed by atoms with Gasteiger partial charge in [-0.2, -0.15) is 0 Å². The van der Waals surface area contributed by atoms with Crippen LogP contribution in [-0.4, -0.2) is 47.5 Å². The topological polar surface area (TPSA) is 70.8 Å². The molecule has 0 aliphatic carbocycles. The third-order valence-electron chi connectivity index (χ3n) is 4.60. The summed E-state index contributed by atoms with van der Waals surface area (Å²) in [6, 6.07) is 6.63. The maximum Gasteiger partial charge on any atom is 0.298 e. The Bertz CT molecular complexity index is 825. The molecule has 0 radical (unpaired) electrons. The molecule has 1 atom stereocenters. The zero-order valence-corrected chi connectivity index (χ0v) is 16.6. The molecular weight excluding hydrogens is 364 g/mol. The first kappa shape index (κ1) is 19.4. The molecule has 0 N–H and O–H groups in total. The number of nitrogens with zero attached hydrogens (tertiary/aromatic N) is 2. The number of hydrogen-bond acceptors (Lipinski definition) is 5. The lowest BCUT2D eigenvalue weighted by Crippen LogP contribution is -2.35. The van der Waals surface area contributed by atoms with Gasteiger partial charge < -0.3 is 14.2 Å². The molecule has 1 aliphatic rings. The molecule has 3 heterocycles. The number of Topliss-reactive ketones (excluding diaryl/α,β-unsaturated/α-hetero) is 1. The van der Waals surface area contributed by atoms with E-state index in [0.717, 1.165) is 17.7 Å². The Morgan fingerprint density at radius 2 is 2.07 bits per heavy atom. The number of carbonyl (C=O) groups excluding carboxylic acids is 3. The molecule has 0 saturated carbocycles. The molecule has 0 spiro atoms. The number of rotatable bonds is 6. The largest absolute Gasteiger partial charge is 0.461 e. The van der Waals surface area contributed by atoms with Crippen molar-refractivity contribution in [1.82, 2.24) is 9.80 Å². The Morgan fingerprint density at radius 1 is 1.30 bits per heavy atom. The van der Waals surface area contributed by atoms with Crippen LogP contribution in [0.25, 0.3) is 0 Å². The van der Waals surface area contributed by atoms with E-state index in [2.05, 4.69) is 13.8 Å². The van der Waals surface area contributed by atoms with Crippen molar-refractivity contribution in [2.75, 3.05) is 20.1 Å². The van der Waals surface area contributed by atoms with Crippen LogP contribution in [-0.2, 0) is 4.79 Å². The fourth-order valence-electron chi connectivity index (χ4n) is 3.41. The van der Waals surface area contributed by atoms with Gasteiger partial charge in [-0.05, 0) is 43.0 Å². The van der Waals surface area contributed by atoms with Crippen molar-refractivity contribution in [1.29, 1.82) is 0 Å². The minimum absolute atomic E-state index is 0.0116. The summed E-state index contributed by atoms with van der Waals surface area (Å²) in [5.41, 5.74) is 0. The van der Waals surface area contributed by atoms with E-state index in [0.29, 0.717) is 23.9 Å². The predicted molar refractivity (Wildman–Crippen MR) is 103 cm³/mol. The summed E-state index contributed by atoms with van der Waals surface area (Å²) in [6.45, 7) is 5.37. The van der Waals surface area contributed by atoms with Gasteiger partial charge in [0.2, 0.25) is 0 Å². The van der Waals surface area contributed by atoms with Crippen LogP contribution in [0.15, 0.2) is 34.9 Å². The van der Waals surface area contributed by atoms with Gasteiger partial charge in [0.05, 0.1) is 17.2 Å². The molecule has 2 aromatic rings. The van der Waals surface area contributed by atoms with E-state index < -0.39 is 11.7 Å². The van der Waals surface area contributed by atoms with Crippen LogP contribution >= 0.6 is 11.3 Å². The van der Waals surface area contributed by atoms with Crippen molar-refractivity contribution >= 4 is 28.9 Å². The van der Waals surface area contributed by atoms with E-state index in [9.17, 15) is 14.4 Å². The first-order valence-electron chi connectivity index (χ1n) is 9.12. The van der Waals surface area contributed by atoms with Crippen LogP contribution in [0.2, 0.25) is 0 Å². The lowest BCUT2D eigenvalue weighted by atomic mass is 10.1. The lowest BCUT2D eigenvalue weighted by molar-refractivity contribution is -0.127. The van der Waals surface area contributed by atoms with Crippen LogP contribution in [0.4, 0.5) is 0 Å². The van der Waals surface area contributed by atoms with Crippen molar-refractivity contribution in [3.63, 3.8) is 0 Å². The zero-order valence-electron chi connectivity index (χ0n) is 15.8. The van der Waals surface area contributed by atoms with Crippen LogP contribution < -0.4 is 0 Å². The van der Waals surface area contributed by atoms with E-state index >= 15 is 0 Å². The number of carbonyl (C=O) groups is 3. The van der Waals surface area contributed by atoms with Crippen LogP contribution in [0.5, 0.6) is 0 Å². The predicted octanol–water partition coefficient (Wildman–Crippen LogP) is 3.62. The van der Waals surface area contributed by atoms with E-state index in [4.69, 9.17) is 4.42 Å². The normalized spacial score (nSPS) is 16.7. The molecule has 3 rings (SSSR count). The summed E-state index contributed by atoms with van der Waals surface area (Å²) >= 11 is 1.40. The van der Waals surface area contributed by atoms with Gasteiger partial charge in [-0.3, -0.25) is 14.4 Å². The van der Waals surface area contributed by atoms with Crippen LogP contribution in [0, 0.1) is 5.92 Å². The molecule has 1 fully saturated rings. The molecule has 144 valence electrons. The Kier molecular flexibility index (Phi) is 5.79. The third-order valence-corrected chi connectivity index (χ3v) is 5.78. The van der Waals surface area contributed by atoms with Gasteiger partial charge in [0.25, 0.3) is 17.6 Å². The molecule has 0 bridgehead atoms. The molecule has 7 heteroatoms. The Hall–Kier alpha value is -2.41. The van der Waals surface area contributed by atoms with Gasteiger partial charge in [-0.1, -0.05) is 13.8 Å². The van der Waals surface area contributed by atoms with E-state index in [1.165, 1.54) is 23.7 Å². The van der Waals surface area contributed by atoms with Crippen molar-refractivity contribution in [3.05, 3.63) is 46.0 Å². The van der Waals surface area contributed by atoms with Crippen molar-refractivity contribution in [2.45, 2.75) is 32.7 Å². The summed E-state index contributed by atoms with van der Waals surface area (Å²) < 4.78 is 5.07. The molecule has 0 aromatic carbocycles. The van der Waals surface area contributed by atoms with E-state index in [1.807, 2.05) is 12.1 Å². The van der Waals surface area contributed by atoms with Crippen molar-refractivity contribution in [3.8, 4) is 0 Å². The van der Waals surface area contributed by atoms with Crippen LogP contribution in [0.1, 0.15) is 57.8 Å². The Labute approximate surface area is 162 Å². The summed E-state index contributed by atoms with van der Waals surface area (Å²) in [5, 5.41) is 0. The monoisotopic (exact) mass is 388 g/mol. The fourth-order valence-corrected chi connectivity index (χ4v) is 4.57. The van der Waals surface area contributed by atoms with Crippen molar-refractivity contribution in [2.24, 2.45) is 5.92 Å². The average Bonchev–Trinajstić information content (AvgIpc) is 3.39. The zero-order chi connectivity index (χ0) is 19.6. The highest BCUT2D eigenvalue weighted by molar-refractivity contribution is 7.14. The molecule has 2 aromatic heterocycles. The first-order chi connectivity index (χ1) is 12.9. The second-order valence-corrected chi connectivity index (χ2v) is 8.36. The lowest BCUT2D eigenvalue weighted by Gasteiger charge is -2.22. The van der Waals surface area contributed by atoms with Gasteiger partial charge >= 0.3 is 0 Å². The minimum Gasteiger partial charge on any atom is -0.461 e. The highest BCUT2D eigenvalue weighted by Crippen LogP contribution is 2.36. The number of hydrogen-bond donors (Lipinski definition) is 0. The smallest absolute Gasteiger partial charge is 0.298 e. The Morgan fingerprint density at radius 3 is 2.74 bits per heavy atom. The second-order valence-electron chi connectivity index (χ2n) is 7.24. The second kappa shape index (κ2) is 8.08. The van der Waals surface area contributed by atoms with Gasteiger partial charge in [-0.25, -0.2) is 0 Å². The number of likely N-dealkylation sites (tertiary alicyclic amines) is 1. The van der Waals surface area contributed by atoms with Crippen LogP contribution in [0.3, 0.4) is 0 Å². The Balaban J connectivity index is 1.74. The molecular formula is C20H24N2O4S. The number of thiophene rings is 1. The molecule has 27 heavy (non-hydrogen) atoms. The number of ketones is 1. The third kappa shape index (κ3) is 4.13. The molecule has 0 unspecified atom stereocenters. The number of amides is 2. The van der Waals surface area contributed by atoms with Gasteiger partial charge in [-0.15, -0.1) is 11.3 Å². The van der Waals surface area contributed by atoms with Gasteiger partial charge in [0, 0.05) is 25.0 Å². The molecule has 1 aliphatic heterocycles. The standard InChI is InChI=1S/C20H24N2O4S/c1-13(2)12-21(3)19(24)17-9-8-16(27-17)14-6-4-10-22(14)20(25)18(23)15-7-5-11-26-15/h5,7-9,11,13-14H,4,6,10,12H2,1-3H3/t14-/m1/s1. The minimum atomic E-state index is -0.628. The molecule has 1 saturated heterocycles. The summed E-state index contributed by atoms with van der Waals surface area (Å²) in [7, 11) is 1.80. The first-order valence-corrected chi connectivity index (χ1v) is 9.94. The number of furan rings is 1. The molecule has 2 amide bonds. The average molecular weight is 388 g/mol. The SMILES string of the molecule is CC(C)CN(C)C(=O)c1ccc([C@H]2CCCN2C(=O)C(=O)c2ccco2)s1. The highest BCUT2D eigenvalue weighted by Gasteiger charge is 2.35. The van der Waals surface area contributed by atoms with Gasteiger partial charge in [0.1, 0.15) is 0 Å². The maximum atomic E-state index is 12.6. The highest BCUT2D eigenvalue weighted by atomic mass is 32.1. The maximum absolute atomic E-state index is 12.6. The summed E-state index contributed by atoms with van der Waals surface area (Å²) in [5.74, 6) is -0.735. The molecule has 6 nitrogen and oxygen atoms in total. The van der Waals surface area contributed by atoms with Crippen molar-refractivity contribution < 1.29 is 18.8 Å². The van der Waals surface area contributed by atoms with E-state index in [-0.39, 0.29) is 17.7 Å². The fraction of sp³-hybridized carbons (Fsp3) is 0.450. The van der Waals surface area contributed by atoms with E-state index in [1.54, 1.807) is 22.9 Å². The summed E-state index contributed by atoms with van der Waals surface area (Å²) in [4.78, 5) is 42.5.